The highest BCUT2D eigenvalue weighted by molar-refractivity contribution is 7.22. The van der Waals surface area contributed by atoms with E-state index in [2.05, 4.69) is 28.4 Å². The third kappa shape index (κ3) is 6.28. The number of fused-ring (bicyclic) bond motifs is 1. The zero-order valence-electron chi connectivity index (χ0n) is 16.4. The Hall–Kier alpha value is -0.950. The first-order valence-electron chi connectivity index (χ1n) is 9.59. The van der Waals surface area contributed by atoms with Gasteiger partial charge in [-0.05, 0) is 49.6 Å². The fourth-order valence-electron chi connectivity index (χ4n) is 3.48. The van der Waals surface area contributed by atoms with Gasteiger partial charge in [0.25, 0.3) is 0 Å². The van der Waals surface area contributed by atoms with Crippen molar-refractivity contribution in [2.24, 2.45) is 5.92 Å². The molecular formula is C21H25Cl4N3OS. The predicted molar refractivity (Wildman–Crippen MR) is 134 cm³/mol. The minimum Gasteiger partial charge on any atom is -0.489 e. The van der Waals surface area contributed by atoms with E-state index in [1.165, 1.54) is 17.5 Å². The van der Waals surface area contributed by atoms with Crippen LogP contribution in [0.4, 0.5) is 5.13 Å². The van der Waals surface area contributed by atoms with Crippen molar-refractivity contribution in [1.29, 1.82) is 0 Å². The largest absolute Gasteiger partial charge is 0.489 e. The molecule has 0 spiro atoms. The number of nitrogens with zero attached hydrogens (tertiary/aromatic N) is 2. The minimum atomic E-state index is 0. The smallest absolute Gasteiger partial charge is 0.186 e. The predicted octanol–water partition coefficient (Wildman–Crippen LogP) is 6.33. The molecule has 1 aliphatic rings. The quantitative estimate of drug-likeness (QED) is 0.378. The highest BCUT2D eigenvalue weighted by Gasteiger charge is 2.21. The molecule has 30 heavy (non-hydrogen) atoms. The summed E-state index contributed by atoms with van der Waals surface area (Å²) < 4.78 is 6.98. The maximum atomic E-state index is 6.12. The van der Waals surface area contributed by atoms with Crippen molar-refractivity contribution < 1.29 is 4.74 Å². The summed E-state index contributed by atoms with van der Waals surface area (Å²) in [6.07, 6.45) is 2.36. The molecule has 0 radical (unpaired) electrons. The Morgan fingerprint density at radius 3 is 2.43 bits per heavy atom. The molecule has 4 rings (SSSR count). The summed E-state index contributed by atoms with van der Waals surface area (Å²) >= 11 is 14.0. The van der Waals surface area contributed by atoms with Gasteiger partial charge in [0.2, 0.25) is 0 Å². The number of anilines is 1. The summed E-state index contributed by atoms with van der Waals surface area (Å²) in [7, 11) is 0. The number of hydrogen-bond acceptors (Lipinski definition) is 5. The summed E-state index contributed by atoms with van der Waals surface area (Å²) in [4.78, 5) is 7.20. The van der Waals surface area contributed by atoms with Crippen LogP contribution in [-0.2, 0) is 0 Å². The average Bonchev–Trinajstić information content (AvgIpc) is 3.14. The summed E-state index contributed by atoms with van der Waals surface area (Å²) in [6.45, 7) is 4.47. The number of benzene rings is 2. The van der Waals surface area contributed by atoms with Gasteiger partial charge >= 0.3 is 0 Å². The average molecular weight is 509 g/mol. The number of ether oxygens (including phenoxy) is 1. The number of hydrogen-bond donors (Lipinski definition) is 1. The van der Waals surface area contributed by atoms with E-state index in [0.29, 0.717) is 28.3 Å². The third-order valence-electron chi connectivity index (χ3n) is 5.04. The van der Waals surface area contributed by atoms with Gasteiger partial charge in [-0.3, -0.25) is 0 Å². The van der Waals surface area contributed by atoms with Gasteiger partial charge in [-0.15, -0.1) is 24.8 Å². The van der Waals surface area contributed by atoms with Crippen LogP contribution in [0.1, 0.15) is 12.8 Å². The number of para-hydroxylation sites is 2. The third-order valence-corrected chi connectivity index (χ3v) is 6.74. The Morgan fingerprint density at radius 2 is 1.73 bits per heavy atom. The fourth-order valence-corrected chi connectivity index (χ4v) is 5.00. The molecule has 4 nitrogen and oxygen atoms in total. The number of rotatable bonds is 7. The van der Waals surface area contributed by atoms with E-state index in [1.54, 1.807) is 23.5 Å². The fraction of sp³-hybridized carbons (Fsp3) is 0.381. The van der Waals surface area contributed by atoms with Crippen molar-refractivity contribution in [3.05, 3.63) is 52.5 Å². The molecule has 1 aromatic heterocycles. The second-order valence-corrected chi connectivity index (χ2v) is 8.82. The molecule has 0 amide bonds. The van der Waals surface area contributed by atoms with E-state index in [9.17, 15) is 0 Å². The number of piperidine rings is 1. The number of halogens is 4. The van der Waals surface area contributed by atoms with Crippen LogP contribution in [0, 0.1) is 5.92 Å². The number of thiazole rings is 1. The molecule has 1 saturated heterocycles. The molecule has 0 atom stereocenters. The second kappa shape index (κ2) is 12.2. The van der Waals surface area contributed by atoms with Gasteiger partial charge in [0, 0.05) is 19.6 Å². The summed E-state index contributed by atoms with van der Waals surface area (Å²) in [5.41, 5.74) is 1.10. The first kappa shape index (κ1) is 25.3. The van der Waals surface area contributed by atoms with Gasteiger partial charge in [-0.1, -0.05) is 52.7 Å². The molecule has 2 aromatic carbocycles. The maximum Gasteiger partial charge on any atom is 0.186 e. The molecule has 0 saturated carbocycles. The summed E-state index contributed by atoms with van der Waals surface area (Å²) in [5.74, 6) is 1.26. The molecule has 9 heteroatoms. The van der Waals surface area contributed by atoms with Crippen LogP contribution in [0.5, 0.6) is 5.75 Å². The van der Waals surface area contributed by atoms with Crippen LogP contribution < -0.4 is 15.0 Å². The Balaban J connectivity index is 0.00000160. The summed E-state index contributed by atoms with van der Waals surface area (Å²) in [6, 6.07) is 13.7. The number of nitrogens with one attached hydrogen (secondary N) is 1. The monoisotopic (exact) mass is 507 g/mol. The highest BCUT2D eigenvalue weighted by atomic mass is 35.5. The molecular weight excluding hydrogens is 484 g/mol. The molecule has 3 aromatic rings. The Labute approximate surface area is 203 Å². The molecule has 2 heterocycles. The van der Waals surface area contributed by atoms with E-state index in [-0.39, 0.29) is 24.8 Å². The van der Waals surface area contributed by atoms with E-state index in [0.717, 1.165) is 36.8 Å². The lowest BCUT2D eigenvalue weighted by Crippen LogP contribution is -2.38. The zero-order chi connectivity index (χ0) is 19.3. The molecule has 1 fully saturated rings. The van der Waals surface area contributed by atoms with Crippen molar-refractivity contribution in [3.8, 4) is 5.75 Å². The van der Waals surface area contributed by atoms with Crippen molar-refractivity contribution in [2.45, 2.75) is 12.8 Å². The van der Waals surface area contributed by atoms with Gasteiger partial charge in [0.05, 0.1) is 20.3 Å². The Bertz CT molecular complexity index is 878. The first-order valence-corrected chi connectivity index (χ1v) is 11.2. The minimum absolute atomic E-state index is 0. The van der Waals surface area contributed by atoms with Crippen molar-refractivity contribution in [2.75, 3.05) is 37.7 Å². The highest BCUT2D eigenvalue weighted by Crippen LogP contribution is 2.32. The molecule has 1 aliphatic heterocycles. The van der Waals surface area contributed by atoms with Crippen LogP contribution in [0.2, 0.25) is 10.0 Å². The number of aromatic nitrogens is 1. The van der Waals surface area contributed by atoms with Gasteiger partial charge in [0.1, 0.15) is 6.61 Å². The maximum absolute atomic E-state index is 6.12. The van der Waals surface area contributed by atoms with Crippen LogP contribution in [0.3, 0.4) is 0 Å². The molecule has 0 aliphatic carbocycles. The van der Waals surface area contributed by atoms with E-state index < -0.39 is 0 Å². The van der Waals surface area contributed by atoms with E-state index in [4.69, 9.17) is 32.9 Å². The van der Waals surface area contributed by atoms with Gasteiger partial charge in [-0.2, -0.15) is 0 Å². The van der Waals surface area contributed by atoms with Crippen molar-refractivity contribution in [3.63, 3.8) is 0 Å². The standard InChI is InChI=1S/C21H23Cl2N3OS.2ClH/c22-16-4-3-5-17(23)20(16)27-13-10-24-14-15-8-11-26(12-9-15)21-25-18-6-1-2-7-19(18)28-21;;/h1-7,15,24H,8-14H2;2*1H. The Kier molecular flexibility index (Phi) is 10.3. The first-order chi connectivity index (χ1) is 13.7. The van der Waals surface area contributed by atoms with E-state index >= 15 is 0 Å². The lowest BCUT2D eigenvalue weighted by Gasteiger charge is -2.31. The Morgan fingerprint density at radius 1 is 1.03 bits per heavy atom. The molecule has 1 N–H and O–H groups in total. The normalized spacial score (nSPS) is 14.3. The topological polar surface area (TPSA) is 37.4 Å². The van der Waals surface area contributed by atoms with Crippen LogP contribution in [0.15, 0.2) is 42.5 Å². The summed E-state index contributed by atoms with van der Waals surface area (Å²) in [5, 5.41) is 5.75. The van der Waals surface area contributed by atoms with Gasteiger partial charge in [0.15, 0.2) is 10.9 Å². The van der Waals surface area contributed by atoms with E-state index in [1.807, 2.05) is 12.1 Å². The van der Waals surface area contributed by atoms with Crippen LogP contribution in [0.25, 0.3) is 10.2 Å². The lowest BCUT2D eigenvalue weighted by atomic mass is 9.97. The lowest BCUT2D eigenvalue weighted by molar-refractivity contribution is 0.302. The zero-order valence-corrected chi connectivity index (χ0v) is 20.3. The second-order valence-electron chi connectivity index (χ2n) is 7.00. The van der Waals surface area contributed by atoms with Crippen molar-refractivity contribution >= 4 is 74.7 Å². The van der Waals surface area contributed by atoms with Gasteiger partial charge < -0.3 is 15.0 Å². The van der Waals surface area contributed by atoms with Crippen LogP contribution in [-0.4, -0.2) is 37.8 Å². The molecule has 0 unspecified atom stereocenters. The van der Waals surface area contributed by atoms with Crippen LogP contribution >= 0.6 is 59.4 Å². The van der Waals surface area contributed by atoms with Crippen molar-refractivity contribution in [1.82, 2.24) is 10.3 Å². The molecule has 0 bridgehead atoms. The molecule has 164 valence electrons. The van der Waals surface area contributed by atoms with Gasteiger partial charge in [-0.25, -0.2) is 4.98 Å². The SMILES string of the molecule is Cl.Cl.Clc1cccc(Cl)c1OCCNCC1CCN(c2nc3ccccc3s2)CC1.